The van der Waals surface area contributed by atoms with Gasteiger partial charge in [-0.1, -0.05) is 18.2 Å². The molecule has 0 aromatic heterocycles. The highest BCUT2D eigenvalue weighted by atomic mass is 16.5. The van der Waals surface area contributed by atoms with E-state index in [-0.39, 0.29) is 11.8 Å². The number of hydrogen-bond acceptors (Lipinski definition) is 3. The lowest BCUT2D eigenvalue weighted by atomic mass is 9.96. The van der Waals surface area contributed by atoms with Crippen molar-refractivity contribution in [3.8, 4) is 5.75 Å². The molecule has 23 heavy (non-hydrogen) atoms. The van der Waals surface area contributed by atoms with Crippen LogP contribution < -0.4 is 10.1 Å². The summed E-state index contributed by atoms with van der Waals surface area (Å²) in [5.41, 5.74) is 1.29. The maximum atomic E-state index is 11.9. The van der Waals surface area contributed by atoms with Crippen LogP contribution in [0, 0.1) is 5.92 Å². The van der Waals surface area contributed by atoms with Crippen LogP contribution in [0.3, 0.4) is 0 Å². The topological polar surface area (TPSA) is 41.6 Å². The summed E-state index contributed by atoms with van der Waals surface area (Å²) in [7, 11) is 3.41. The van der Waals surface area contributed by atoms with E-state index in [1.807, 2.05) is 6.07 Å². The van der Waals surface area contributed by atoms with E-state index >= 15 is 0 Å². The molecule has 0 aliphatic carbocycles. The number of hydrogen-bond donors (Lipinski definition) is 1. The fourth-order valence-electron chi connectivity index (χ4n) is 3.37. The van der Waals surface area contributed by atoms with Crippen molar-refractivity contribution in [3.63, 3.8) is 0 Å². The van der Waals surface area contributed by atoms with Crippen LogP contribution in [0.25, 0.3) is 10.8 Å². The van der Waals surface area contributed by atoms with Crippen LogP contribution >= 0.6 is 0 Å². The van der Waals surface area contributed by atoms with Gasteiger partial charge in [0.2, 0.25) is 5.91 Å². The smallest absolute Gasteiger partial charge is 0.224 e. The van der Waals surface area contributed by atoms with Crippen LogP contribution in [0.1, 0.15) is 18.4 Å². The predicted octanol–water partition coefficient (Wildman–Crippen LogP) is 2.81. The number of benzene rings is 2. The zero-order chi connectivity index (χ0) is 16.2. The zero-order valence-corrected chi connectivity index (χ0v) is 13.8. The maximum absolute atomic E-state index is 11.9. The van der Waals surface area contributed by atoms with Crippen molar-refractivity contribution in [1.29, 1.82) is 0 Å². The number of amides is 1. The molecule has 2 aromatic rings. The second-order valence-corrected chi connectivity index (χ2v) is 6.24. The number of ether oxygens (including phenoxy) is 1. The Morgan fingerprint density at radius 1 is 1.26 bits per heavy atom. The third kappa shape index (κ3) is 3.64. The second kappa shape index (κ2) is 7.01. The highest BCUT2D eigenvalue weighted by Gasteiger charge is 2.24. The third-order valence-electron chi connectivity index (χ3n) is 4.64. The quantitative estimate of drug-likeness (QED) is 0.944. The highest BCUT2D eigenvalue weighted by molar-refractivity contribution is 5.84. The third-order valence-corrected chi connectivity index (χ3v) is 4.64. The van der Waals surface area contributed by atoms with Gasteiger partial charge in [0.1, 0.15) is 5.75 Å². The van der Waals surface area contributed by atoms with Gasteiger partial charge in [-0.15, -0.1) is 0 Å². The van der Waals surface area contributed by atoms with Crippen LogP contribution in [0.5, 0.6) is 5.75 Å². The Morgan fingerprint density at radius 2 is 2.04 bits per heavy atom. The van der Waals surface area contributed by atoms with E-state index in [0.29, 0.717) is 0 Å². The SMILES string of the molecule is CNC(=O)C1CCCN(Cc2ccc3cc(OC)ccc3c2)C1. The largest absolute Gasteiger partial charge is 0.497 e. The van der Waals surface area contributed by atoms with Gasteiger partial charge in [-0.25, -0.2) is 0 Å². The molecule has 0 spiro atoms. The van der Waals surface area contributed by atoms with Crippen molar-refractivity contribution < 1.29 is 9.53 Å². The molecule has 0 saturated carbocycles. The normalized spacial score (nSPS) is 18.8. The summed E-state index contributed by atoms with van der Waals surface area (Å²) in [6.45, 7) is 2.81. The van der Waals surface area contributed by atoms with Gasteiger partial charge in [-0.2, -0.15) is 0 Å². The van der Waals surface area contributed by atoms with E-state index in [2.05, 4.69) is 40.5 Å². The van der Waals surface area contributed by atoms with Crippen LogP contribution in [-0.2, 0) is 11.3 Å². The molecule has 1 saturated heterocycles. The summed E-state index contributed by atoms with van der Waals surface area (Å²) < 4.78 is 5.27. The molecule has 122 valence electrons. The van der Waals surface area contributed by atoms with E-state index in [1.54, 1.807) is 14.2 Å². The predicted molar refractivity (Wildman–Crippen MR) is 92.6 cm³/mol. The number of nitrogens with zero attached hydrogens (tertiary/aromatic N) is 1. The van der Waals surface area contributed by atoms with Gasteiger partial charge in [-0.05, 0) is 53.9 Å². The number of rotatable bonds is 4. The van der Waals surface area contributed by atoms with Crippen LogP contribution in [0.15, 0.2) is 36.4 Å². The number of likely N-dealkylation sites (tertiary alicyclic amines) is 1. The Hall–Kier alpha value is -2.07. The molecule has 3 rings (SSSR count). The van der Waals surface area contributed by atoms with Crippen LogP contribution in [0.2, 0.25) is 0 Å². The molecule has 1 N–H and O–H groups in total. The number of carbonyl (C=O) groups is 1. The first kappa shape index (κ1) is 15.8. The van der Waals surface area contributed by atoms with Crippen molar-refractivity contribution in [2.45, 2.75) is 19.4 Å². The van der Waals surface area contributed by atoms with Gasteiger partial charge in [0.15, 0.2) is 0 Å². The first-order chi connectivity index (χ1) is 11.2. The van der Waals surface area contributed by atoms with Crippen molar-refractivity contribution >= 4 is 16.7 Å². The molecule has 1 amide bonds. The fourth-order valence-corrected chi connectivity index (χ4v) is 3.37. The summed E-state index contributed by atoms with van der Waals surface area (Å²) in [4.78, 5) is 14.2. The molecule has 1 heterocycles. The Labute approximate surface area is 137 Å². The Morgan fingerprint density at radius 3 is 2.83 bits per heavy atom. The van der Waals surface area contributed by atoms with Crippen LogP contribution in [0.4, 0.5) is 0 Å². The minimum atomic E-state index is 0.124. The summed E-state index contributed by atoms with van der Waals surface area (Å²) in [6, 6.07) is 12.7. The zero-order valence-electron chi connectivity index (χ0n) is 13.8. The van der Waals surface area contributed by atoms with Crippen LogP contribution in [-0.4, -0.2) is 38.1 Å². The molecule has 1 atom stereocenters. The van der Waals surface area contributed by atoms with Gasteiger partial charge < -0.3 is 10.1 Å². The van der Waals surface area contributed by atoms with Gasteiger partial charge in [0.25, 0.3) is 0 Å². The second-order valence-electron chi connectivity index (χ2n) is 6.24. The molecule has 4 heteroatoms. The molecule has 1 aliphatic heterocycles. The molecule has 0 radical (unpaired) electrons. The van der Waals surface area contributed by atoms with Gasteiger partial charge in [0, 0.05) is 20.1 Å². The van der Waals surface area contributed by atoms with E-state index < -0.39 is 0 Å². The van der Waals surface area contributed by atoms with Crippen molar-refractivity contribution in [2.24, 2.45) is 5.92 Å². The number of carbonyl (C=O) groups excluding carboxylic acids is 1. The van der Waals surface area contributed by atoms with E-state index in [4.69, 9.17) is 4.74 Å². The maximum Gasteiger partial charge on any atom is 0.224 e. The molecule has 4 nitrogen and oxygen atoms in total. The highest BCUT2D eigenvalue weighted by Crippen LogP contribution is 2.24. The van der Waals surface area contributed by atoms with Crippen molar-refractivity contribution in [2.75, 3.05) is 27.2 Å². The number of nitrogens with one attached hydrogen (secondary N) is 1. The fraction of sp³-hybridized carbons (Fsp3) is 0.421. The van der Waals surface area contributed by atoms with Gasteiger partial charge in [0.05, 0.1) is 13.0 Å². The van der Waals surface area contributed by atoms with Crippen molar-refractivity contribution in [1.82, 2.24) is 10.2 Å². The summed E-state index contributed by atoms with van der Waals surface area (Å²) in [5, 5.41) is 5.19. The summed E-state index contributed by atoms with van der Waals surface area (Å²) >= 11 is 0. The molecule has 0 bridgehead atoms. The Bertz CT molecular complexity index is 699. The minimum absolute atomic E-state index is 0.124. The minimum Gasteiger partial charge on any atom is -0.497 e. The molecular formula is C19H24N2O2. The van der Waals surface area contributed by atoms with Gasteiger partial charge in [-0.3, -0.25) is 9.69 Å². The van der Waals surface area contributed by atoms with E-state index in [0.717, 1.165) is 38.2 Å². The first-order valence-corrected chi connectivity index (χ1v) is 8.20. The van der Waals surface area contributed by atoms with Crippen molar-refractivity contribution in [3.05, 3.63) is 42.0 Å². The van der Waals surface area contributed by atoms with E-state index in [9.17, 15) is 4.79 Å². The number of fused-ring (bicyclic) bond motifs is 1. The number of methoxy groups -OCH3 is 1. The lowest BCUT2D eigenvalue weighted by molar-refractivity contribution is -0.126. The lowest BCUT2D eigenvalue weighted by Gasteiger charge is -2.31. The number of piperidine rings is 1. The standard InChI is InChI=1S/C19H24N2O2/c1-20-19(22)17-4-3-9-21(13-17)12-14-5-6-16-11-18(23-2)8-7-15(16)10-14/h5-8,10-11,17H,3-4,9,12-13H2,1-2H3,(H,20,22). The average molecular weight is 312 g/mol. The monoisotopic (exact) mass is 312 g/mol. The lowest BCUT2D eigenvalue weighted by Crippen LogP contribution is -2.41. The summed E-state index contributed by atoms with van der Waals surface area (Å²) in [6.07, 6.45) is 2.08. The molecule has 1 unspecified atom stereocenters. The molecular weight excluding hydrogens is 288 g/mol. The van der Waals surface area contributed by atoms with E-state index in [1.165, 1.54) is 16.3 Å². The average Bonchev–Trinajstić information content (AvgIpc) is 2.60. The molecule has 2 aromatic carbocycles. The molecule has 1 aliphatic rings. The Kier molecular flexibility index (Phi) is 4.82. The van der Waals surface area contributed by atoms with Gasteiger partial charge >= 0.3 is 0 Å². The molecule has 1 fully saturated rings. The summed E-state index contributed by atoms with van der Waals surface area (Å²) in [5.74, 6) is 1.17. The Balaban J connectivity index is 1.72. The first-order valence-electron chi connectivity index (χ1n) is 8.20.